The van der Waals surface area contributed by atoms with Crippen molar-refractivity contribution >= 4 is 5.78 Å². The number of hydrogen-bond donors (Lipinski definition) is 0. The number of carbonyl (C=O) groups excluding carboxylic acids is 1. The van der Waals surface area contributed by atoms with E-state index in [1.807, 2.05) is 38.1 Å². The van der Waals surface area contributed by atoms with Gasteiger partial charge >= 0.3 is 0 Å². The molecule has 0 fully saturated rings. The van der Waals surface area contributed by atoms with Crippen molar-refractivity contribution in [2.75, 3.05) is 13.7 Å². The summed E-state index contributed by atoms with van der Waals surface area (Å²) in [6.45, 7) is 4.54. The maximum Gasteiger partial charge on any atom is 0.135 e. The molecule has 0 amide bonds. The minimum Gasteiger partial charge on any atom is -0.497 e. The Labute approximate surface area is 109 Å². The second-order valence-electron chi connectivity index (χ2n) is 4.39. The van der Waals surface area contributed by atoms with Gasteiger partial charge in [-0.2, -0.15) is 0 Å². The van der Waals surface area contributed by atoms with Crippen LogP contribution >= 0.6 is 0 Å². The quantitative estimate of drug-likeness (QED) is 0.663. The van der Waals surface area contributed by atoms with Gasteiger partial charge < -0.3 is 9.47 Å². The number of hydrogen-bond acceptors (Lipinski definition) is 3. The first-order chi connectivity index (χ1) is 8.67. The molecular formula is C15H22O3. The number of rotatable bonds is 8. The molecule has 0 aromatic heterocycles. The lowest BCUT2D eigenvalue weighted by atomic mass is 9.99. The summed E-state index contributed by atoms with van der Waals surface area (Å²) in [6.07, 6.45) is 2.42. The van der Waals surface area contributed by atoms with Crippen LogP contribution in [0, 0.1) is 5.92 Å². The van der Waals surface area contributed by atoms with Crippen molar-refractivity contribution in [2.24, 2.45) is 5.92 Å². The molecule has 100 valence electrons. The van der Waals surface area contributed by atoms with Crippen molar-refractivity contribution in [3.8, 4) is 11.5 Å². The Kier molecular flexibility index (Phi) is 6.26. The van der Waals surface area contributed by atoms with Crippen LogP contribution in [0.2, 0.25) is 0 Å². The summed E-state index contributed by atoms with van der Waals surface area (Å²) < 4.78 is 10.7. The normalized spacial score (nSPS) is 11.9. The monoisotopic (exact) mass is 250 g/mol. The minimum absolute atomic E-state index is 0.148. The summed E-state index contributed by atoms with van der Waals surface area (Å²) in [7, 11) is 1.64. The van der Waals surface area contributed by atoms with E-state index in [9.17, 15) is 4.79 Å². The first-order valence-corrected chi connectivity index (χ1v) is 6.47. The molecule has 1 aromatic carbocycles. The molecule has 0 saturated heterocycles. The Morgan fingerprint density at radius 2 is 1.83 bits per heavy atom. The molecule has 0 heterocycles. The van der Waals surface area contributed by atoms with Crippen molar-refractivity contribution in [1.29, 1.82) is 0 Å². The van der Waals surface area contributed by atoms with Crippen LogP contribution in [0.1, 0.15) is 33.1 Å². The fraction of sp³-hybridized carbons (Fsp3) is 0.533. The highest BCUT2D eigenvalue weighted by atomic mass is 16.5. The second-order valence-corrected chi connectivity index (χ2v) is 4.39. The van der Waals surface area contributed by atoms with E-state index < -0.39 is 0 Å². The smallest absolute Gasteiger partial charge is 0.135 e. The van der Waals surface area contributed by atoms with Crippen LogP contribution < -0.4 is 9.47 Å². The van der Waals surface area contributed by atoms with Gasteiger partial charge in [0.1, 0.15) is 17.3 Å². The number of methoxy groups -OCH3 is 1. The Bertz CT molecular complexity index is 357. The fourth-order valence-electron chi connectivity index (χ4n) is 1.76. The van der Waals surface area contributed by atoms with Gasteiger partial charge in [0, 0.05) is 12.3 Å². The molecule has 0 spiro atoms. The maximum absolute atomic E-state index is 11.4. The number of carbonyl (C=O) groups is 1. The van der Waals surface area contributed by atoms with Crippen LogP contribution in [0.25, 0.3) is 0 Å². The van der Waals surface area contributed by atoms with Gasteiger partial charge in [0.15, 0.2) is 0 Å². The number of benzene rings is 1. The molecule has 0 radical (unpaired) electrons. The second kappa shape index (κ2) is 7.75. The molecule has 3 nitrogen and oxygen atoms in total. The van der Waals surface area contributed by atoms with Crippen molar-refractivity contribution in [3.63, 3.8) is 0 Å². The lowest BCUT2D eigenvalue weighted by molar-refractivity contribution is -0.122. The topological polar surface area (TPSA) is 35.5 Å². The van der Waals surface area contributed by atoms with E-state index in [1.165, 1.54) is 0 Å². The fourth-order valence-corrected chi connectivity index (χ4v) is 1.76. The van der Waals surface area contributed by atoms with Crippen molar-refractivity contribution in [3.05, 3.63) is 24.3 Å². The zero-order valence-corrected chi connectivity index (χ0v) is 11.4. The highest BCUT2D eigenvalue weighted by molar-refractivity contribution is 5.80. The van der Waals surface area contributed by atoms with Gasteiger partial charge in [0.05, 0.1) is 13.7 Å². The molecule has 0 aliphatic rings. The number of ether oxygens (including phenoxy) is 2. The van der Waals surface area contributed by atoms with E-state index in [-0.39, 0.29) is 5.92 Å². The van der Waals surface area contributed by atoms with Crippen molar-refractivity contribution in [2.45, 2.75) is 33.1 Å². The van der Waals surface area contributed by atoms with E-state index in [4.69, 9.17) is 9.47 Å². The molecule has 1 rings (SSSR count). The largest absolute Gasteiger partial charge is 0.497 e. The average Bonchev–Trinajstić information content (AvgIpc) is 2.43. The van der Waals surface area contributed by atoms with Crippen LogP contribution in [-0.2, 0) is 4.79 Å². The Hall–Kier alpha value is -1.51. The third-order valence-electron chi connectivity index (χ3n) is 3.01. The SMILES string of the molecule is CCC(=O)C(C)CCCOc1ccc(OC)cc1. The third-order valence-corrected chi connectivity index (χ3v) is 3.01. The summed E-state index contributed by atoms with van der Waals surface area (Å²) >= 11 is 0. The number of ketones is 1. The van der Waals surface area contributed by atoms with Crippen LogP contribution in [-0.4, -0.2) is 19.5 Å². The van der Waals surface area contributed by atoms with Gasteiger partial charge in [-0.25, -0.2) is 0 Å². The zero-order chi connectivity index (χ0) is 13.4. The maximum atomic E-state index is 11.4. The first-order valence-electron chi connectivity index (χ1n) is 6.47. The molecule has 0 aliphatic carbocycles. The standard InChI is InChI=1S/C15H22O3/c1-4-15(16)12(2)6-5-11-18-14-9-7-13(17-3)8-10-14/h7-10,12H,4-6,11H2,1-3H3. The summed E-state index contributed by atoms with van der Waals surface area (Å²) in [4.78, 5) is 11.4. The Balaban J connectivity index is 2.23. The average molecular weight is 250 g/mol. The molecule has 0 saturated carbocycles. The highest BCUT2D eigenvalue weighted by Crippen LogP contribution is 2.17. The predicted octanol–water partition coefficient (Wildman–Crippen LogP) is 3.47. The summed E-state index contributed by atoms with van der Waals surface area (Å²) in [5.41, 5.74) is 0. The van der Waals surface area contributed by atoms with Crippen LogP contribution in [0.3, 0.4) is 0 Å². The van der Waals surface area contributed by atoms with Gasteiger partial charge in [-0.05, 0) is 37.1 Å². The van der Waals surface area contributed by atoms with Crippen molar-refractivity contribution in [1.82, 2.24) is 0 Å². The Morgan fingerprint density at radius 3 is 2.39 bits per heavy atom. The molecule has 1 atom stereocenters. The molecule has 0 bridgehead atoms. The Morgan fingerprint density at radius 1 is 1.22 bits per heavy atom. The lowest BCUT2D eigenvalue weighted by Gasteiger charge is -2.10. The zero-order valence-electron chi connectivity index (χ0n) is 11.4. The van der Waals surface area contributed by atoms with Gasteiger partial charge in [-0.1, -0.05) is 13.8 Å². The summed E-state index contributed by atoms with van der Waals surface area (Å²) in [6, 6.07) is 7.52. The molecule has 1 aromatic rings. The van der Waals surface area contributed by atoms with Gasteiger partial charge in [0.2, 0.25) is 0 Å². The van der Waals surface area contributed by atoms with E-state index in [2.05, 4.69) is 0 Å². The number of Topliss-reactive ketones (excluding diaryl/α,β-unsaturated/α-hetero) is 1. The van der Waals surface area contributed by atoms with Gasteiger partial charge in [0.25, 0.3) is 0 Å². The molecular weight excluding hydrogens is 228 g/mol. The highest BCUT2D eigenvalue weighted by Gasteiger charge is 2.09. The van der Waals surface area contributed by atoms with E-state index in [1.54, 1.807) is 7.11 Å². The van der Waals surface area contributed by atoms with E-state index in [0.717, 1.165) is 24.3 Å². The third kappa shape index (κ3) is 4.78. The van der Waals surface area contributed by atoms with E-state index >= 15 is 0 Å². The van der Waals surface area contributed by atoms with E-state index in [0.29, 0.717) is 18.8 Å². The molecule has 3 heteroatoms. The molecule has 18 heavy (non-hydrogen) atoms. The summed E-state index contributed by atoms with van der Waals surface area (Å²) in [5, 5.41) is 0. The first kappa shape index (κ1) is 14.6. The lowest BCUT2D eigenvalue weighted by Crippen LogP contribution is -2.10. The van der Waals surface area contributed by atoms with Crippen LogP contribution in [0.15, 0.2) is 24.3 Å². The molecule has 0 N–H and O–H groups in total. The van der Waals surface area contributed by atoms with Crippen molar-refractivity contribution < 1.29 is 14.3 Å². The van der Waals surface area contributed by atoms with Gasteiger partial charge in [-0.3, -0.25) is 4.79 Å². The van der Waals surface area contributed by atoms with Crippen LogP contribution in [0.4, 0.5) is 0 Å². The summed E-state index contributed by atoms with van der Waals surface area (Å²) in [5.74, 6) is 2.14. The molecule has 0 aliphatic heterocycles. The minimum atomic E-state index is 0.148. The van der Waals surface area contributed by atoms with Crippen LogP contribution in [0.5, 0.6) is 11.5 Å². The predicted molar refractivity (Wildman–Crippen MR) is 72.2 cm³/mol. The van der Waals surface area contributed by atoms with Gasteiger partial charge in [-0.15, -0.1) is 0 Å². The molecule has 1 unspecified atom stereocenters.